The average Bonchev–Trinajstić information content (AvgIpc) is 3.36. The van der Waals surface area contributed by atoms with Crippen LogP contribution in [-0.4, -0.2) is 69.2 Å². The van der Waals surface area contributed by atoms with Gasteiger partial charge in [-0.1, -0.05) is 13.3 Å². The molecule has 0 saturated carbocycles. The van der Waals surface area contributed by atoms with Crippen LogP contribution in [0.15, 0.2) is 27.8 Å². The van der Waals surface area contributed by atoms with Crippen LogP contribution in [0, 0.1) is 6.92 Å². The van der Waals surface area contributed by atoms with Gasteiger partial charge in [-0.2, -0.15) is 0 Å². The standard InChI is InChI=1S/C19H29N7O2.HI/c1-4-5-8-20-19(21-14-17-23-22-15(2)24(17)3)26-11-9-25(10-12-26)18(27)16-7-6-13-28-16;/h6-7,13H,4-5,8-12,14H2,1-3H3,(H,20,21);1H. The SMILES string of the molecule is CCCCNC(=NCc1nnc(C)n1C)N1CCN(C(=O)c2ccco2)CC1.I. The number of nitrogens with one attached hydrogen (secondary N) is 1. The summed E-state index contributed by atoms with van der Waals surface area (Å²) in [6.07, 6.45) is 3.73. The summed E-state index contributed by atoms with van der Waals surface area (Å²) in [7, 11) is 1.95. The molecule has 0 spiro atoms. The summed E-state index contributed by atoms with van der Waals surface area (Å²) in [5, 5.41) is 11.7. The number of hydrogen-bond acceptors (Lipinski definition) is 5. The number of unbranched alkanes of at least 4 members (excludes halogenated alkanes) is 1. The predicted octanol–water partition coefficient (Wildman–Crippen LogP) is 2.04. The van der Waals surface area contributed by atoms with Crippen molar-refractivity contribution >= 4 is 35.8 Å². The van der Waals surface area contributed by atoms with E-state index in [-0.39, 0.29) is 29.9 Å². The summed E-state index contributed by atoms with van der Waals surface area (Å²) in [6.45, 7) is 8.16. The van der Waals surface area contributed by atoms with Gasteiger partial charge in [0, 0.05) is 39.8 Å². The minimum Gasteiger partial charge on any atom is -0.459 e. The number of carbonyl (C=O) groups excluding carboxylic acids is 1. The van der Waals surface area contributed by atoms with Gasteiger partial charge in [-0.25, -0.2) is 4.99 Å². The lowest BCUT2D eigenvalue weighted by Crippen LogP contribution is -2.53. The van der Waals surface area contributed by atoms with E-state index in [1.807, 2.05) is 23.4 Å². The first-order valence-corrected chi connectivity index (χ1v) is 9.81. The molecule has 1 N–H and O–H groups in total. The number of hydrogen-bond donors (Lipinski definition) is 1. The topological polar surface area (TPSA) is 91.8 Å². The van der Waals surface area contributed by atoms with E-state index >= 15 is 0 Å². The Labute approximate surface area is 188 Å². The molecular weight excluding hydrogens is 485 g/mol. The summed E-state index contributed by atoms with van der Waals surface area (Å²) >= 11 is 0. The zero-order chi connectivity index (χ0) is 19.9. The lowest BCUT2D eigenvalue weighted by Gasteiger charge is -2.36. The van der Waals surface area contributed by atoms with Crippen LogP contribution in [0.3, 0.4) is 0 Å². The second-order valence-electron chi connectivity index (χ2n) is 6.90. The largest absolute Gasteiger partial charge is 0.459 e. The fourth-order valence-electron chi connectivity index (χ4n) is 3.06. The Morgan fingerprint density at radius 3 is 2.55 bits per heavy atom. The normalized spacial score (nSPS) is 14.7. The average molecular weight is 515 g/mol. The molecule has 1 aliphatic heterocycles. The highest BCUT2D eigenvalue weighted by atomic mass is 127. The Hall–Kier alpha value is -2.11. The number of aliphatic imine (C=N–C) groups is 1. The molecule has 0 radical (unpaired) electrons. The molecule has 0 atom stereocenters. The molecule has 1 amide bonds. The van der Waals surface area contributed by atoms with E-state index < -0.39 is 0 Å². The first-order chi connectivity index (χ1) is 13.6. The number of aromatic nitrogens is 3. The third-order valence-electron chi connectivity index (χ3n) is 4.96. The van der Waals surface area contributed by atoms with Gasteiger partial charge < -0.3 is 24.1 Å². The summed E-state index contributed by atoms with van der Waals surface area (Å²) in [4.78, 5) is 21.2. The van der Waals surface area contributed by atoms with E-state index in [4.69, 9.17) is 9.41 Å². The van der Waals surface area contributed by atoms with Crippen LogP contribution in [0.2, 0.25) is 0 Å². The van der Waals surface area contributed by atoms with Crippen molar-refractivity contribution in [3.63, 3.8) is 0 Å². The molecular formula is C19H30IN7O2. The van der Waals surface area contributed by atoms with Crippen LogP contribution in [0.4, 0.5) is 0 Å². The first-order valence-electron chi connectivity index (χ1n) is 9.81. The van der Waals surface area contributed by atoms with Gasteiger partial charge >= 0.3 is 0 Å². The third-order valence-corrected chi connectivity index (χ3v) is 4.96. The van der Waals surface area contributed by atoms with Gasteiger partial charge in [0.2, 0.25) is 0 Å². The van der Waals surface area contributed by atoms with Crippen molar-refractivity contribution in [2.24, 2.45) is 12.0 Å². The first kappa shape index (κ1) is 23.2. The predicted molar refractivity (Wildman–Crippen MR) is 121 cm³/mol. The van der Waals surface area contributed by atoms with Crippen LogP contribution < -0.4 is 5.32 Å². The van der Waals surface area contributed by atoms with Crippen molar-refractivity contribution in [2.75, 3.05) is 32.7 Å². The quantitative estimate of drug-likeness (QED) is 0.274. The molecule has 29 heavy (non-hydrogen) atoms. The Bertz CT molecular complexity index is 796. The van der Waals surface area contributed by atoms with Crippen LogP contribution in [0.5, 0.6) is 0 Å². The third kappa shape index (κ3) is 5.94. The summed E-state index contributed by atoms with van der Waals surface area (Å²) in [5.74, 6) is 2.89. The molecule has 3 rings (SSSR count). The molecule has 0 aromatic carbocycles. The monoisotopic (exact) mass is 515 g/mol. The molecule has 9 nitrogen and oxygen atoms in total. The molecule has 2 aromatic rings. The molecule has 1 saturated heterocycles. The highest BCUT2D eigenvalue weighted by Crippen LogP contribution is 2.10. The Balaban J connectivity index is 0.00000300. The molecule has 1 aliphatic rings. The van der Waals surface area contributed by atoms with Gasteiger partial charge in [0.05, 0.1) is 6.26 Å². The summed E-state index contributed by atoms with van der Waals surface area (Å²) < 4.78 is 7.18. The van der Waals surface area contributed by atoms with Crippen molar-refractivity contribution in [3.8, 4) is 0 Å². The maximum atomic E-state index is 12.4. The van der Waals surface area contributed by atoms with Crippen molar-refractivity contribution in [1.82, 2.24) is 29.9 Å². The zero-order valence-electron chi connectivity index (χ0n) is 17.3. The smallest absolute Gasteiger partial charge is 0.289 e. The number of piperazine rings is 1. The van der Waals surface area contributed by atoms with Crippen LogP contribution in [0.25, 0.3) is 0 Å². The number of aryl methyl sites for hydroxylation is 1. The van der Waals surface area contributed by atoms with Gasteiger partial charge in [0.1, 0.15) is 12.4 Å². The van der Waals surface area contributed by atoms with E-state index in [2.05, 4.69) is 27.3 Å². The Morgan fingerprint density at radius 2 is 1.97 bits per heavy atom. The number of halogens is 1. The number of guanidine groups is 1. The molecule has 3 heterocycles. The second kappa shape index (κ2) is 11.2. The number of carbonyl (C=O) groups is 1. The van der Waals surface area contributed by atoms with E-state index in [9.17, 15) is 4.79 Å². The van der Waals surface area contributed by atoms with E-state index in [1.165, 1.54) is 6.26 Å². The molecule has 2 aromatic heterocycles. The minimum atomic E-state index is -0.0587. The molecule has 0 bridgehead atoms. The van der Waals surface area contributed by atoms with Crippen molar-refractivity contribution in [1.29, 1.82) is 0 Å². The van der Waals surface area contributed by atoms with Crippen molar-refractivity contribution < 1.29 is 9.21 Å². The minimum absolute atomic E-state index is 0. The van der Waals surface area contributed by atoms with Gasteiger partial charge in [-0.05, 0) is 25.5 Å². The molecule has 0 unspecified atom stereocenters. The van der Waals surface area contributed by atoms with Crippen LogP contribution in [0.1, 0.15) is 42.0 Å². The molecule has 10 heteroatoms. The lowest BCUT2D eigenvalue weighted by molar-refractivity contribution is 0.0657. The van der Waals surface area contributed by atoms with Gasteiger partial charge in [0.15, 0.2) is 17.5 Å². The van der Waals surface area contributed by atoms with E-state index in [0.717, 1.165) is 50.1 Å². The number of furan rings is 1. The van der Waals surface area contributed by atoms with Crippen molar-refractivity contribution in [3.05, 3.63) is 35.8 Å². The molecule has 0 aliphatic carbocycles. The van der Waals surface area contributed by atoms with E-state index in [0.29, 0.717) is 25.4 Å². The zero-order valence-corrected chi connectivity index (χ0v) is 19.6. The van der Waals surface area contributed by atoms with Gasteiger partial charge in [-0.3, -0.25) is 4.79 Å². The van der Waals surface area contributed by atoms with Gasteiger partial charge in [0.25, 0.3) is 5.91 Å². The maximum Gasteiger partial charge on any atom is 0.289 e. The highest BCUT2D eigenvalue weighted by Gasteiger charge is 2.25. The molecule has 160 valence electrons. The van der Waals surface area contributed by atoms with Gasteiger partial charge in [-0.15, -0.1) is 34.2 Å². The van der Waals surface area contributed by atoms with Crippen molar-refractivity contribution in [2.45, 2.75) is 33.2 Å². The maximum absolute atomic E-state index is 12.4. The lowest BCUT2D eigenvalue weighted by atomic mass is 10.3. The highest BCUT2D eigenvalue weighted by molar-refractivity contribution is 14.0. The second-order valence-corrected chi connectivity index (χ2v) is 6.90. The summed E-state index contributed by atoms with van der Waals surface area (Å²) in [5.41, 5.74) is 0. The van der Waals surface area contributed by atoms with Crippen LogP contribution >= 0.6 is 24.0 Å². The number of nitrogens with zero attached hydrogens (tertiary/aromatic N) is 6. The molecule has 1 fully saturated rings. The van der Waals surface area contributed by atoms with Crippen LogP contribution in [-0.2, 0) is 13.6 Å². The van der Waals surface area contributed by atoms with E-state index in [1.54, 1.807) is 12.1 Å². The number of rotatable bonds is 6. The fraction of sp³-hybridized carbons (Fsp3) is 0.579. The fourth-order valence-corrected chi connectivity index (χ4v) is 3.06. The summed E-state index contributed by atoms with van der Waals surface area (Å²) in [6, 6.07) is 3.44. The number of amides is 1. The Kier molecular flexibility index (Phi) is 8.93. The Morgan fingerprint density at radius 1 is 1.24 bits per heavy atom.